The lowest BCUT2D eigenvalue weighted by Crippen LogP contribution is -2.33. The molecule has 1 N–H and O–H groups in total. The van der Waals surface area contributed by atoms with Crippen molar-refractivity contribution in [3.05, 3.63) is 116 Å². The van der Waals surface area contributed by atoms with Crippen molar-refractivity contribution in [2.24, 2.45) is 5.92 Å². The summed E-state index contributed by atoms with van der Waals surface area (Å²) in [5.74, 6) is -1.68. The van der Waals surface area contributed by atoms with Crippen LogP contribution >= 0.6 is 39.0 Å². The second-order valence-corrected chi connectivity index (χ2v) is 13.6. The molecule has 0 radical (unpaired) electrons. The topological polar surface area (TPSA) is 97.7 Å². The van der Waals surface area contributed by atoms with E-state index in [2.05, 4.69) is 21.2 Å². The van der Waals surface area contributed by atoms with Gasteiger partial charge in [0.25, 0.3) is 0 Å². The van der Waals surface area contributed by atoms with Crippen LogP contribution in [-0.4, -0.2) is 34.6 Å². The number of thioether (sulfide) groups is 1. The summed E-state index contributed by atoms with van der Waals surface area (Å²) >= 11 is 5.69. The monoisotopic (exact) mass is 685 g/mol. The van der Waals surface area contributed by atoms with Crippen LogP contribution in [0.2, 0.25) is 0 Å². The molecule has 0 saturated carbocycles. The van der Waals surface area contributed by atoms with E-state index in [0.29, 0.717) is 27.0 Å². The van der Waals surface area contributed by atoms with E-state index in [-0.39, 0.29) is 29.1 Å². The van der Waals surface area contributed by atoms with Crippen LogP contribution in [0.4, 0.5) is 11.4 Å². The van der Waals surface area contributed by atoms with Crippen LogP contribution in [0.1, 0.15) is 16.4 Å². The fourth-order valence-corrected chi connectivity index (χ4v) is 8.92. The number of imide groups is 1. The van der Waals surface area contributed by atoms with Crippen molar-refractivity contribution in [1.82, 2.24) is 4.57 Å². The van der Waals surface area contributed by atoms with E-state index in [9.17, 15) is 19.2 Å². The number of hydrogen-bond acceptors (Lipinski definition) is 7. The summed E-state index contributed by atoms with van der Waals surface area (Å²) in [6, 6.07) is 27.9. The number of halogens is 1. The van der Waals surface area contributed by atoms with E-state index >= 15 is 0 Å². The maximum Gasteiger partial charge on any atom is 0.308 e. The van der Waals surface area contributed by atoms with E-state index in [4.69, 9.17) is 4.74 Å². The first kappa shape index (κ1) is 28.6. The molecule has 44 heavy (non-hydrogen) atoms. The molecular weight excluding hydrogens is 662 g/mol. The van der Waals surface area contributed by atoms with E-state index in [0.717, 1.165) is 32.1 Å². The molecule has 220 valence electrons. The Hall–Kier alpha value is -4.19. The highest BCUT2D eigenvalue weighted by molar-refractivity contribution is 9.10. The molecule has 7 rings (SSSR count). The molecule has 2 aliphatic heterocycles. The van der Waals surface area contributed by atoms with Crippen molar-refractivity contribution in [3.8, 4) is 5.75 Å². The minimum atomic E-state index is -0.769. The fourth-order valence-electron chi connectivity index (χ4n) is 5.88. The number of nitrogens with one attached hydrogen (secondary N) is 1. The van der Waals surface area contributed by atoms with Gasteiger partial charge < -0.3 is 10.1 Å². The van der Waals surface area contributed by atoms with E-state index in [1.807, 2.05) is 66.7 Å². The standard InChI is InChI=1S/C33H24BrN3O5S2/c1-42-24-14-12-23(13-15-24)37-30(39)27-26(19-6-9-21(34)10-7-19)29-32(43-28(27)31(37)40)36(33(41)44-29)17-25(38)35-22-11-8-18-4-2-3-5-20(18)16-22/h2-16,26-28H,17H2,1H3,(H,35,38)/t26-,27-,28+/m0/s1. The maximum absolute atomic E-state index is 14.0. The van der Waals surface area contributed by atoms with Gasteiger partial charge in [0.15, 0.2) is 0 Å². The third-order valence-electron chi connectivity index (χ3n) is 7.94. The summed E-state index contributed by atoms with van der Waals surface area (Å²) in [6.45, 7) is -0.223. The number of carbonyl (C=O) groups excluding carboxylic acids is 3. The lowest BCUT2D eigenvalue weighted by molar-refractivity contribution is -0.122. The number of nitrogens with zero attached hydrogens (tertiary/aromatic N) is 2. The molecule has 0 bridgehead atoms. The Balaban J connectivity index is 1.25. The molecular formula is C33H24BrN3O5S2. The van der Waals surface area contributed by atoms with Crippen molar-refractivity contribution >= 4 is 78.9 Å². The lowest BCUT2D eigenvalue weighted by atomic mass is 9.83. The summed E-state index contributed by atoms with van der Waals surface area (Å²) in [5.41, 5.74) is 1.90. The highest BCUT2D eigenvalue weighted by Gasteiger charge is 2.56. The molecule has 1 fully saturated rings. The molecule has 3 atom stereocenters. The minimum absolute atomic E-state index is 0.223. The number of rotatable bonds is 6. The number of fused-ring (bicyclic) bond motifs is 3. The Labute approximate surface area is 268 Å². The van der Waals surface area contributed by atoms with Gasteiger partial charge in [-0.05, 0) is 64.9 Å². The molecule has 0 unspecified atom stereocenters. The van der Waals surface area contributed by atoms with Crippen LogP contribution in [0.5, 0.6) is 5.75 Å². The number of anilines is 2. The first-order chi connectivity index (χ1) is 21.3. The molecule has 2 aliphatic rings. The van der Waals surface area contributed by atoms with Crippen molar-refractivity contribution < 1.29 is 19.1 Å². The lowest BCUT2D eigenvalue weighted by Gasteiger charge is -2.30. The van der Waals surface area contributed by atoms with E-state index in [1.165, 1.54) is 21.2 Å². The fraction of sp³-hybridized carbons (Fsp3) is 0.152. The third-order valence-corrected chi connectivity index (χ3v) is 11.1. The normalized spacial score (nSPS) is 19.1. The number of amides is 3. The van der Waals surface area contributed by atoms with Crippen molar-refractivity contribution in [1.29, 1.82) is 0 Å². The molecule has 8 nitrogen and oxygen atoms in total. The van der Waals surface area contributed by atoms with Crippen LogP contribution < -0.4 is 19.8 Å². The largest absolute Gasteiger partial charge is 0.497 e. The number of aromatic nitrogens is 1. The van der Waals surface area contributed by atoms with Gasteiger partial charge in [-0.25, -0.2) is 4.90 Å². The molecule has 11 heteroatoms. The van der Waals surface area contributed by atoms with Gasteiger partial charge in [0.1, 0.15) is 17.5 Å². The zero-order chi connectivity index (χ0) is 30.5. The van der Waals surface area contributed by atoms with Gasteiger partial charge in [-0.15, -0.1) is 0 Å². The Morgan fingerprint density at radius 3 is 2.36 bits per heavy atom. The summed E-state index contributed by atoms with van der Waals surface area (Å²) in [7, 11) is 1.55. The van der Waals surface area contributed by atoms with Gasteiger partial charge in [0, 0.05) is 21.0 Å². The van der Waals surface area contributed by atoms with Crippen LogP contribution in [0.25, 0.3) is 10.8 Å². The van der Waals surface area contributed by atoms with Gasteiger partial charge in [-0.2, -0.15) is 0 Å². The number of methoxy groups -OCH3 is 1. The van der Waals surface area contributed by atoms with Gasteiger partial charge in [-0.3, -0.25) is 23.7 Å². The van der Waals surface area contributed by atoms with Gasteiger partial charge >= 0.3 is 4.87 Å². The van der Waals surface area contributed by atoms with Gasteiger partial charge in [-0.1, -0.05) is 81.5 Å². The molecule has 0 aliphatic carbocycles. The SMILES string of the molecule is COc1ccc(N2C(=O)[C@H]3[C@H](c4ccc(Br)cc4)c4sc(=O)n(CC(=O)Nc5ccc6ccccc6c5)c4S[C@H]3C2=O)cc1. The number of benzene rings is 4. The second kappa shape index (κ2) is 11.4. The highest BCUT2D eigenvalue weighted by Crippen LogP contribution is 2.54. The zero-order valence-electron chi connectivity index (χ0n) is 23.2. The Kier molecular flexibility index (Phi) is 7.39. The van der Waals surface area contributed by atoms with Crippen LogP contribution in [0.15, 0.2) is 105 Å². The minimum Gasteiger partial charge on any atom is -0.497 e. The number of ether oxygens (including phenoxy) is 1. The van der Waals surface area contributed by atoms with E-state index in [1.54, 1.807) is 31.4 Å². The zero-order valence-corrected chi connectivity index (χ0v) is 26.4. The molecule has 1 aromatic heterocycles. The predicted molar refractivity (Wildman–Crippen MR) is 176 cm³/mol. The number of hydrogen-bond donors (Lipinski definition) is 1. The summed E-state index contributed by atoms with van der Waals surface area (Å²) in [6.07, 6.45) is 0. The predicted octanol–water partition coefficient (Wildman–Crippen LogP) is 6.27. The molecule has 5 aromatic rings. The van der Waals surface area contributed by atoms with Crippen LogP contribution in [0, 0.1) is 5.92 Å². The van der Waals surface area contributed by atoms with Crippen LogP contribution in [-0.2, 0) is 20.9 Å². The van der Waals surface area contributed by atoms with Gasteiger partial charge in [0.2, 0.25) is 17.7 Å². The summed E-state index contributed by atoms with van der Waals surface area (Å²) < 4.78 is 7.54. The molecule has 0 spiro atoms. The Morgan fingerprint density at radius 1 is 0.909 bits per heavy atom. The molecule has 3 amide bonds. The van der Waals surface area contributed by atoms with Crippen molar-refractivity contribution in [2.75, 3.05) is 17.3 Å². The number of carbonyl (C=O) groups is 3. The average molecular weight is 687 g/mol. The molecule has 4 aromatic carbocycles. The average Bonchev–Trinajstić information content (AvgIpc) is 3.47. The first-order valence-corrected chi connectivity index (χ1v) is 16.3. The first-order valence-electron chi connectivity index (χ1n) is 13.8. The van der Waals surface area contributed by atoms with Crippen molar-refractivity contribution in [2.45, 2.75) is 22.7 Å². The number of thiazole rings is 1. The quantitative estimate of drug-likeness (QED) is 0.212. The van der Waals surface area contributed by atoms with Crippen molar-refractivity contribution in [3.63, 3.8) is 0 Å². The molecule has 3 heterocycles. The Morgan fingerprint density at radius 2 is 1.64 bits per heavy atom. The van der Waals surface area contributed by atoms with Crippen LogP contribution in [0.3, 0.4) is 0 Å². The smallest absolute Gasteiger partial charge is 0.308 e. The van der Waals surface area contributed by atoms with Gasteiger partial charge in [0.05, 0.1) is 23.7 Å². The second-order valence-electron chi connectivity index (χ2n) is 10.5. The maximum atomic E-state index is 14.0. The third kappa shape index (κ3) is 4.94. The summed E-state index contributed by atoms with van der Waals surface area (Å²) in [4.78, 5) is 56.2. The highest BCUT2D eigenvalue weighted by atomic mass is 79.9. The summed E-state index contributed by atoms with van der Waals surface area (Å²) in [5, 5.41) is 4.72. The Bertz CT molecular complexity index is 2010. The molecule has 1 saturated heterocycles. The van der Waals surface area contributed by atoms with E-state index < -0.39 is 17.1 Å².